The summed E-state index contributed by atoms with van der Waals surface area (Å²) >= 11 is 0. The van der Waals surface area contributed by atoms with Crippen LogP contribution in [0.3, 0.4) is 0 Å². The van der Waals surface area contributed by atoms with Crippen molar-refractivity contribution in [1.29, 1.82) is 0 Å². The topological polar surface area (TPSA) is 89.9 Å². The molecule has 0 unspecified atom stereocenters. The van der Waals surface area contributed by atoms with Gasteiger partial charge in [-0.05, 0) is 24.3 Å². The Bertz CT molecular complexity index is 808. The van der Waals surface area contributed by atoms with Gasteiger partial charge in [0, 0.05) is 12.1 Å². The summed E-state index contributed by atoms with van der Waals surface area (Å²) in [5, 5.41) is 35.9. The Morgan fingerprint density at radius 3 is 1.33 bits per heavy atom. The Morgan fingerprint density at radius 2 is 0.917 bits per heavy atom. The quantitative estimate of drug-likeness (QED) is 0.584. The van der Waals surface area contributed by atoms with Gasteiger partial charge in [-0.2, -0.15) is 10.2 Å². The molecule has 0 fully saturated rings. The number of benzene rings is 3. The van der Waals surface area contributed by atoms with Gasteiger partial charge in [-0.1, -0.05) is 36.4 Å². The number of nitrogens with zero attached hydrogens (tertiary/aromatic N) is 4. The van der Waals surface area contributed by atoms with Crippen LogP contribution in [-0.4, -0.2) is 10.2 Å². The third kappa shape index (κ3) is 3.80. The molecule has 0 amide bonds. The van der Waals surface area contributed by atoms with E-state index in [1.165, 1.54) is 12.1 Å². The van der Waals surface area contributed by atoms with Crippen LogP contribution in [0.15, 0.2) is 93.3 Å². The van der Waals surface area contributed by atoms with Gasteiger partial charge in [0.1, 0.15) is 22.9 Å². The second-order valence-corrected chi connectivity index (χ2v) is 4.90. The van der Waals surface area contributed by atoms with Crippen LogP contribution in [-0.2, 0) is 0 Å². The van der Waals surface area contributed by atoms with Crippen molar-refractivity contribution < 1.29 is 10.2 Å². The highest BCUT2D eigenvalue weighted by molar-refractivity contribution is 5.65. The summed E-state index contributed by atoms with van der Waals surface area (Å²) < 4.78 is 0. The fraction of sp³-hybridized carbons (Fsp3) is 0. The largest absolute Gasteiger partial charge is 0.505 e. The molecule has 0 radical (unpaired) electrons. The first-order chi connectivity index (χ1) is 11.7. The van der Waals surface area contributed by atoms with Crippen molar-refractivity contribution in [2.24, 2.45) is 20.5 Å². The minimum atomic E-state index is -0.189. The van der Waals surface area contributed by atoms with E-state index in [1.54, 1.807) is 24.3 Å². The van der Waals surface area contributed by atoms with E-state index in [9.17, 15) is 10.2 Å². The van der Waals surface area contributed by atoms with Crippen LogP contribution in [0, 0.1) is 0 Å². The molecule has 0 saturated carbocycles. The molecule has 118 valence electrons. The lowest BCUT2D eigenvalue weighted by atomic mass is 10.2. The van der Waals surface area contributed by atoms with E-state index < -0.39 is 0 Å². The van der Waals surface area contributed by atoms with Crippen LogP contribution < -0.4 is 0 Å². The van der Waals surface area contributed by atoms with E-state index in [2.05, 4.69) is 20.5 Å². The maximum absolute atomic E-state index is 9.89. The van der Waals surface area contributed by atoms with Gasteiger partial charge in [0.05, 0.1) is 11.4 Å². The molecule has 2 N–H and O–H groups in total. The summed E-state index contributed by atoms with van der Waals surface area (Å²) in [7, 11) is 0. The summed E-state index contributed by atoms with van der Waals surface area (Å²) in [6, 6.07) is 20.8. The fourth-order valence-electron chi connectivity index (χ4n) is 1.93. The van der Waals surface area contributed by atoms with Gasteiger partial charge >= 0.3 is 0 Å². The first-order valence-corrected chi connectivity index (χ1v) is 7.22. The minimum Gasteiger partial charge on any atom is -0.505 e. The number of phenols is 2. The lowest BCUT2D eigenvalue weighted by Gasteiger charge is -2.02. The van der Waals surface area contributed by atoms with Crippen LogP contribution in [0.2, 0.25) is 0 Å². The molecular formula is C18H14N4O2. The Balaban J connectivity index is 1.89. The molecule has 0 atom stereocenters. The van der Waals surface area contributed by atoms with Gasteiger partial charge in [-0.3, -0.25) is 0 Å². The van der Waals surface area contributed by atoms with E-state index >= 15 is 0 Å². The summed E-state index contributed by atoms with van der Waals surface area (Å²) in [4.78, 5) is 0. The van der Waals surface area contributed by atoms with Crippen molar-refractivity contribution in [2.45, 2.75) is 0 Å². The standard InChI is InChI=1S/C18H14N4O2/c23-17-12-18(24)16(22-20-14-9-5-2-6-10-14)11-15(17)21-19-13-7-3-1-4-8-13/h1-12,23-24H/b21-19+,22-20+. The fourth-order valence-corrected chi connectivity index (χ4v) is 1.93. The van der Waals surface area contributed by atoms with Crippen LogP contribution in [0.25, 0.3) is 0 Å². The average molecular weight is 318 g/mol. The Hall–Kier alpha value is -3.54. The summed E-state index contributed by atoms with van der Waals surface area (Å²) in [6.07, 6.45) is 0. The van der Waals surface area contributed by atoms with Crippen LogP contribution >= 0.6 is 0 Å². The molecule has 0 aliphatic heterocycles. The summed E-state index contributed by atoms with van der Waals surface area (Å²) in [5.41, 5.74) is 1.69. The van der Waals surface area contributed by atoms with Crippen molar-refractivity contribution >= 4 is 22.7 Å². The Kier molecular flexibility index (Phi) is 4.57. The smallest absolute Gasteiger partial charge is 0.146 e. The van der Waals surface area contributed by atoms with Gasteiger partial charge in [0.15, 0.2) is 0 Å². The molecule has 6 nitrogen and oxygen atoms in total. The molecule has 0 aliphatic rings. The number of azo groups is 2. The van der Waals surface area contributed by atoms with Crippen molar-refractivity contribution in [3.63, 3.8) is 0 Å². The highest BCUT2D eigenvalue weighted by Gasteiger charge is 2.08. The van der Waals surface area contributed by atoms with E-state index in [0.29, 0.717) is 11.4 Å². The predicted molar refractivity (Wildman–Crippen MR) is 91.0 cm³/mol. The monoisotopic (exact) mass is 318 g/mol. The number of phenolic OH excluding ortho intramolecular Hbond substituents is 2. The van der Waals surface area contributed by atoms with Gasteiger partial charge in [-0.15, -0.1) is 10.2 Å². The zero-order chi connectivity index (χ0) is 16.8. The Morgan fingerprint density at radius 1 is 0.500 bits per heavy atom. The zero-order valence-electron chi connectivity index (χ0n) is 12.6. The molecule has 0 spiro atoms. The molecule has 0 aromatic heterocycles. The molecule has 0 saturated heterocycles. The molecular weight excluding hydrogens is 304 g/mol. The molecule has 24 heavy (non-hydrogen) atoms. The normalized spacial score (nSPS) is 11.3. The maximum atomic E-state index is 9.89. The Labute approximate surface area is 138 Å². The minimum absolute atomic E-state index is 0.189. The molecule has 0 bridgehead atoms. The molecule has 0 heterocycles. The van der Waals surface area contributed by atoms with E-state index in [-0.39, 0.29) is 22.9 Å². The number of hydrogen-bond acceptors (Lipinski definition) is 6. The number of hydrogen-bond donors (Lipinski definition) is 2. The summed E-state index contributed by atoms with van der Waals surface area (Å²) in [5.74, 6) is -0.378. The van der Waals surface area contributed by atoms with E-state index in [0.717, 1.165) is 0 Å². The van der Waals surface area contributed by atoms with Crippen molar-refractivity contribution in [3.8, 4) is 11.5 Å². The molecule has 3 rings (SSSR count). The zero-order valence-corrected chi connectivity index (χ0v) is 12.6. The van der Waals surface area contributed by atoms with Gasteiger partial charge in [-0.25, -0.2) is 0 Å². The average Bonchev–Trinajstić information content (AvgIpc) is 2.62. The highest BCUT2D eigenvalue weighted by atomic mass is 16.3. The van der Waals surface area contributed by atoms with E-state index in [1.807, 2.05) is 36.4 Å². The second kappa shape index (κ2) is 7.15. The van der Waals surface area contributed by atoms with Gasteiger partial charge in [0.2, 0.25) is 0 Å². The third-order valence-electron chi connectivity index (χ3n) is 3.13. The molecule has 3 aromatic carbocycles. The third-order valence-corrected chi connectivity index (χ3v) is 3.13. The van der Waals surface area contributed by atoms with Crippen LogP contribution in [0.5, 0.6) is 11.5 Å². The first-order valence-electron chi connectivity index (χ1n) is 7.22. The lowest BCUT2D eigenvalue weighted by Crippen LogP contribution is -1.72. The van der Waals surface area contributed by atoms with Gasteiger partial charge < -0.3 is 10.2 Å². The first kappa shape index (κ1) is 15.4. The number of aromatic hydroxyl groups is 2. The van der Waals surface area contributed by atoms with E-state index in [4.69, 9.17) is 0 Å². The maximum Gasteiger partial charge on any atom is 0.146 e. The van der Waals surface area contributed by atoms with Crippen molar-refractivity contribution in [2.75, 3.05) is 0 Å². The summed E-state index contributed by atoms with van der Waals surface area (Å²) in [6.45, 7) is 0. The second-order valence-electron chi connectivity index (χ2n) is 4.90. The SMILES string of the molecule is Oc1cc(O)c(/N=N/c2ccccc2)cc1/N=N/c1ccccc1. The van der Waals surface area contributed by atoms with Crippen LogP contribution in [0.4, 0.5) is 22.7 Å². The lowest BCUT2D eigenvalue weighted by molar-refractivity contribution is 0.452. The van der Waals surface area contributed by atoms with Crippen molar-refractivity contribution in [3.05, 3.63) is 72.8 Å². The highest BCUT2D eigenvalue weighted by Crippen LogP contribution is 2.39. The predicted octanol–water partition coefficient (Wildman–Crippen LogP) is 5.93. The van der Waals surface area contributed by atoms with Crippen molar-refractivity contribution in [1.82, 2.24) is 0 Å². The molecule has 3 aromatic rings. The number of rotatable bonds is 4. The van der Waals surface area contributed by atoms with Crippen LogP contribution in [0.1, 0.15) is 0 Å². The molecule has 0 aliphatic carbocycles. The van der Waals surface area contributed by atoms with Gasteiger partial charge in [0.25, 0.3) is 0 Å². The molecule has 6 heteroatoms.